The Morgan fingerprint density at radius 3 is 1.93 bits per heavy atom. The number of aromatic nitrogens is 1. The number of fused-ring (bicyclic) bond motifs is 6. The molecule has 0 amide bonds. The molecule has 0 saturated carbocycles. The first-order chi connectivity index (χ1) is 14.3. The second-order valence-corrected chi connectivity index (χ2v) is 7.27. The maximum Gasteiger partial charge on any atom is 0.0992 e. The van der Waals surface area contributed by atoms with Crippen molar-refractivity contribution >= 4 is 38.1 Å². The monoisotopic (exact) mass is 367 g/mol. The minimum Gasteiger partial charge on any atom is -0.308 e. The molecule has 0 atom stereocenters. The molecule has 132 valence electrons. The summed E-state index contributed by atoms with van der Waals surface area (Å²) >= 11 is 0. The molecule has 6 aromatic rings. The van der Waals surface area contributed by atoms with E-state index in [1.165, 1.54) is 10.9 Å². The summed E-state index contributed by atoms with van der Waals surface area (Å²) < 4.78 is 2.21. The van der Waals surface area contributed by atoms with E-state index >= 15 is 0 Å². The van der Waals surface area contributed by atoms with Gasteiger partial charge in [-0.05, 0) is 35.4 Å². The average molecular weight is 367 g/mol. The topological polar surface area (TPSA) is 52.0 Å². The number of rotatable bonds is 1. The van der Waals surface area contributed by atoms with E-state index in [9.17, 15) is 10.5 Å². The van der Waals surface area contributed by atoms with Crippen LogP contribution in [0.1, 0.15) is 11.1 Å². The van der Waals surface area contributed by atoms with Crippen LogP contribution >= 0.6 is 0 Å². The van der Waals surface area contributed by atoms with Gasteiger partial charge in [-0.3, -0.25) is 0 Å². The highest BCUT2D eigenvalue weighted by molar-refractivity contribution is 6.27. The highest BCUT2D eigenvalue weighted by Crippen LogP contribution is 2.43. The van der Waals surface area contributed by atoms with Crippen molar-refractivity contribution in [2.45, 2.75) is 0 Å². The fourth-order valence-corrected chi connectivity index (χ4v) is 4.55. The van der Waals surface area contributed by atoms with Gasteiger partial charge in [0.25, 0.3) is 0 Å². The molecule has 0 radical (unpaired) electrons. The normalized spacial score (nSPS) is 11.4. The summed E-state index contributed by atoms with van der Waals surface area (Å²) in [7, 11) is 0. The molecule has 0 aliphatic heterocycles. The zero-order valence-electron chi connectivity index (χ0n) is 15.3. The predicted molar refractivity (Wildman–Crippen MR) is 116 cm³/mol. The summed E-state index contributed by atoms with van der Waals surface area (Å²) in [4.78, 5) is 0. The molecule has 0 unspecified atom stereocenters. The van der Waals surface area contributed by atoms with Crippen molar-refractivity contribution in [3.05, 3.63) is 90.0 Å². The number of nitrogens with zero attached hydrogens (tertiary/aromatic N) is 3. The first kappa shape index (κ1) is 15.7. The SMILES string of the molecule is N#Cc1ccc2c3ccc(-c4ccccc4)c4c5ccc(C#N)cc5n(c2c1)c34. The Morgan fingerprint density at radius 1 is 0.621 bits per heavy atom. The number of nitriles is 2. The summed E-state index contributed by atoms with van der Waals surface area (Å²) in [6.45, 7) is 0. The molecule has 3 heteroatoms. The van der Waals surface area contributed by atoms with Crippen LogP contribution in [-0.4, -0.2) is 4.40 Å². The second-order valence-electron chi connectivity index (χ2n) is 7.27. The second kappa shape index (κ2) is 5.58. The van der Waals surface area contributed by atoms with Gasteiger partial charge < -0.3 is 4.40 Å². The molecule has 0 aliphatic rings. The fraction of sp³-hybridized carbons (Fsp3) is 0. The van der Waals surface area contributed by atoms with Gasteiger partial charge in [0, 0.05) is 21.5 Å². The van der Waals surface area contributed by atoms with E-state index in [0.29, 0.717) is 11.1 Å². The lowest BCUT2D eigenvalue weighted by Gasteiger charge is -2.05. The molecule has 2 heterocycles. The standard InChI is InChI=1S/C26H13N3/c27-14-16-6-8-20-21-11-10-19(18-4-2-1-3-5-18)25-22-9-7-17(15-28)13-24(22)29(26(21)25)23(20)12-16/h1-13H. The summed E-state index contributed by atoms with van der Waals surface area (Å²) in [5.74, 6) is 0. The number of benzene rings is 4. The molecular weight excluding hydrogens is 354 g/mol. The van der Waals surface area contributed by atoms with Crippen LogP contribution in [0, 0.1) is 22.7 Å². The quantitative estimate of drug-likeness (QED) is 0.345. The van der Waals surface area contributed by atoms with Gasteiger partial charge in [-0.1, -0.05) is 54.6 Å². The van der Waals surface area contributed by atoms with E-state index in [4.69, 9.17) is 0 Å². The largest absolute Gasteiger partial charge is 0.308 e. The van der Waals surface area contributed by atoms with Crippen LogP contribution in [0.2, 0.25) is 0 Å². The lowest BCUT2D eigenvalue weighted by molar-refractivity contribution is 1.36. The Morgan fingerprint density at radius 2 is 1.24 bits per heavy atom. The summed E-state index contributed by atoms with van der Waals surface area (Å²) in [5, 5.41) is 23.5. The van der Waals surface area contributed by atoms with Gasteiger partial charge in [0.05, 0.1) is 39.8 Å². The smallest absolute Gasteiger partial charge is 0.0992 e. The van der Waals surface area contributed by atoms with Crippen LogP contribution in [-0.2, 0) is 0 Å². The van der Waals surface area contributed by atoms with Crippen LogP contribution in [0.5, 0.6) is 0 Å². The molecule has 0 spiro atoms. The highest BCUT2D eigenvalue weighted by atomic mass is 14.9. The van der Waals surface area contributed by atoms with E-state index in [1.54, 1.807) is 0 Å². The van der Waals surface area contributed by atoms with Gasteiger partial charge in [0.15, 0.2) is 0 Å². The Bertz CT molecular complexity index is 1660. The number of hydrogen-bond donors (Lipinski definition) is 0. The van der Waals surface area contributed by atoms with Gasteiger partial charge in [0.1, 0.15) is 0 Å². The van der Waals surface area contributed by atoms with Crippen LogP contribution in [0.15, 0.2) is 78.9 Å². The van der Waals surface area contributed by atoms with Gasteiger partial charge >= 0.3 is 0 Å². The lowest BCUT2D eigenvalue weighted by Crippen LogP contribution is -1.83. The van der Waals surface area contributed by atoms with Crippen molar-refractivity contribution in [2.75, 3.05) is 0 Å². The zero-order chi connectivity index (χ0) is 19.5. The molecule has 3 nitrogen and oxygen atoms in total. The first-order valence-electron chi connectivity index (χ1n) is 9.42. The van der Waals surface area contributed by atoms with E-state index in [-0.39, 0.29) is 0 Å². The molecule has 0 N–H and O–H groups in total. The van der Waals surface area contributed by atoms with E-state index < -0.39 is 0 Å². The molecule has 0 bridgehead atoms. The zero-order valence-corrected chi connectivity index (χ0v) is 15.3. The van der Waals surface area contributed by atoms with E-state index in [1.807, 2.05) is 42.5 Å². The average Bonchev–Trinajstić information content (AvgIpc) is 3.30. The van der Waals surface area contributed by atoms with Crippen molar-refractivity contribution in [3.63, 3.8) is 0 Å². The Hall–Kier alpha value is -4.34. The van der Waals surface area contributed by atoms with Crippen molar-refractivity contribution in [1.29, 1.82) is 10.5 Å². The Balaban J connectivity index is 1.92. The van der Waals surface area contributed by atoms with Crippen molar-refractivity contribution in [3.8, 4) is 23.3 Å². The van der Waals surface area contributed by atoms with Crippen molar-refractivity contribution < 1.29 is 0 Å². The maximum absolute atomic E-state index is 9.46. The highest BCUT2D eigenvalue weighted by Gasteiger charge is 2.20. The molecule has 4 aromatic carbocycles. The summed E-state index contributed by atoms with van der Waals surface area (Å²) in [6, 6.07) is 30.9. The lowest BCUT2D eigenvalue weighted by atomic mass is 9.97. The van der Waals surface area contributed by atoms with Crippen molar-refractivity contribution in [1.82, 2.24) is 4.40 Å². The third kappa shape index (κ3) is 1.99. The fourth-order valence-electron chi connectivity index (χ4n) is 4.55. The third-order valence-electron chi connectivity index (χ3n) is 5.78. The van der Waals surface area contributed by atoms with Crippen LogP contribution in [0.25, 0.3) is 49.2 Å². The van der Waals surface area contributed by atoms with Crippen LogP contribution < -0.4 is 0 Å². The molecule has 0 saturated heterocycles. The third-order valence-corrected chi connectivity index (χ3v) is 5.78. The summed E-state index contributed by atoms with van der Waals surface area (Å²) in [5.41, 5.74) is 6.73. The minimum atomic E-state index is 0.629. The predicted octanol–water partition coefficient (Wildman–Crippen LogP) is 6.25. The first-order valence-corrected chi connectivity index (χ1v) is 9.42. The van der Waals surface area contributed by atoms with Gasteiger partial charge in [-0.15, -0.1) is 0 Å². The maximum atomic E-state index is 9.46. The summed E-state index contributed by atoms with van der Waals surface area (Å²) in [6.07, 6.45) is 0. The minimum absolute atomic E-state index is 0.629. The molecule has 6 rings (SSSR count). The van der Waals surface area contributed by atoms with Gasteiger partial charge in [0.2, 0.25) is 0 Å². The van der Waals surface area contributed by atoms with E-state index in [0.717, 1.165) is 38.3 Å². The Labute approximate surface area is 166 Å². The van der Waals surface area contributed by atoms with Crippen molar-refractivity contribution in [2.24, 2.45) is 0 Å². The van der Waals surface area contributed by atoms with Gasteiger partial charge in [-0.2, -0.15) is 10.5 Å². The van der Waals surface area contributed by atoms with E-state index in [2.05, 4.69) is 52.9 Å². The number of hydrogen-bond acceptors (Lipinski definition) is 2. The molecule has 0 fully saturated rings. The molecular formula is C26H13N3. The molecule has 2 aromatic heterocycles. The van der Waals surface area contributed by atoms with Crippen LogP contribution in [0.3, 0.4) is 0 Å². The molecule has 29 heavy (non-hydrogen) atoms. The Kier molecular flexibility index (Phi) is 3.02. The van der Waals surface area contributed by atoms with Crippen LogP contribution in [0.4, 0.5) is 0 Å². The van der Waals surface area contributed by atoms with Gasteiger partial charge in [-0.25, -0.2) is 0 Å². The molecule has 0 aliphatic carbocycles.